The molecule has 0 heterocycles. The maximum atomic E-state index is 11.5. The molecule has 9 heteroatoms. The molecule has 0 bridgehead atoms. The van der Waals surface area contributed by atoms with Gasteiger partial charge in [0.1, 0.15) is 6.04 Å². The highest BCUT2D eigenvalue weighted by Gasteiger charge is 2.17. The Hall–Kier alpha value is -2.94. The zero-order chi connectivity index (χ0) is 19.4. The number of nitrogens with two attached hydrogens (primary N) is 2. The highest BCUT2D eigenvalue weighted by Crippen LogP contribution is 2.11. The van der Waals surface area contributed by atoms with E-state index in [1.165, 1.54) is 0 Å². The van der Waals surface area contributed by atoms with Crippen LogP contribution in [0.2, 0.25) is 0 Å². The summed E-state index contributed by atoms with van der Waals surface area (Å²) in [6, 6.07) is 5.28. The minimum Gasteiger partial charge on any atom is -0.480 e. The van der Waals surface area contributed by atoms with Gasteiger partial charge in [-0.2, -0.15) is 0 Å². The molecule has 0 saturated heterocycles. The van der Waals surface area contributed by atoms with Gasteiger partial charge in [-0.15, -0.1) is 0 Å². The third-order valence-corrected chi connectivity index (χ3v) is 2.66. The molecule has 0 saturated carbocycles. The van der Waals surface area contributed by atoms with Gasteiger partial charge in [-0.05, 0) is 26.0 Å². The lowest BCUT2D eigenvalue weighted by atomic mass is 10.1. The van der Waals surface area contributed by atoms with Gasteiger partial charge in [0.05, 0.1) is 30.8 Å². The van der Waals surface area contributed by atoms with Crippen molar-refractivity contribution in [1.29, 1.82) is 0 Å². The second-order valence-electron chi connectivity index (χ2n) is 4.60. The fraction of sp³-hybridized carbons (Fsp3) is 0.375. The van der Waals surface area contributed by atoms with E-state index >= 15 is 0 Å². The number of carbonyl (C=O) groups is 4. The van der Waals surface area contributed by atoms with Crippen molar-refractivity contribution in [1.82, 2.24) is 0 Å². The molecule has 0 aliphatic rings. The summed E-state index contributed by atoms with van der Waals surface area (Å²) < 4.78 is 9.70. The van der Waals surface area contributed by atoms with Crippen molar-refractivity contribution in [3.8, 4) is 0 Å². The van der Waals surface area contributed by atoms with Gasteiger partial charge in [0.2, 0.25) is 5.91 Å². The smallest absolute Gasteiger partial charge is 0.338 e. The molecular formula is C16H22N2O7. The van der Waals surface area contributed by atoms with E-state index in [0.29, 0.717) is 0 Å². The number of ether oxygens (including phenoxy) is 2. The van der Waals surface area contributed by atoms with Gasteiger partial charge >= 0.3 is 17.9 Å². The molecule has 0 aliphatic heterocycles. The Bertz CT molecular complexity index is 579. The second-order valence-corrected chi connectivity index (χ2v) is 4.60. The van der Waals surface area contributed by atoms with Crippen LogP contribution in [0.1, 0.15) is 41.0 Å². The molecule has 0 fully saturated rings. The number of rotatable bonds is 7. The lowest BCUT2D eigenvalue weighted by molar-refractivity contribution is -0.140. The topological polar surface area (TPSA) is 159 Å². The molecule has 1 rings (SSSR count). The maximum Gasteiger partial charge on any atom is 0.338 e. The van der Waals surface area contributed by atoms with Crippen molar-refractivity contribution in [3.05, 3.63) is 35.4 Å². The SMILES string of the molecule is CCOC(=O)c1ccccc1C(=O)OCC.NC(=O)CC(N)C(=O)O. The van der Waals surface area contributed by atoms with Crippen LogP contribution in [0.4, 0.5) is 0 Å². The number of benzene rings is 1. The molecular weight excluding hydrogens is 332 g/mol. The maximum absolute atomic E-state index is 11.5. The van der Waals surface area contributed by atoms with Crippen LogP contribution in [-0.4, -0.2) is 48.2 Å². The zero-order valence-corrected chi connectivity index (χ0v) is 14.1. The highest BCUT2D eigenvalue weighted by atomic mass is 16.5. The number of carboxylic acid groups (broad SMARTS) is 1. The molecule has 0 aliphatic carbocycles. The third kappa shape index (κ3) is 8.47. The minimum absolute atomic E-state index is 0.239. The number of carbonyl (C=O) groups excluding carboxylic acids is 3. The second kappa shape index (κ2) is 11.6. The number of esters is 2. The van der Waals surface area contributed by atoms with Crippen LogP contribution in [0.5, 0.6) is 0 Å². The molecule has 0 spiro atoms. The fourth-order valence-corrected chi connectivity index (χ4v) is 1.56. The first-order valence-corrected chi connectivity index (χ1v) is 7.44. The normalized spacial score (nSPS) is 10.7. The predicted molar refractivity (Wildman–Crippen MR) is 87.8 cm³/mol. The molecule has 1 atom stereocenters. The van der Waals surface area contributed by atoms with E-state index in [1.807, 2.05) is 0 Å². The highest BCUT2D eigenvalue weighted by molar-refractivity contribution is 6.03. The van der Waals surface area contributed by atoms with Crippen LogP contribution >= 0.6 is 0 Å². The van der Waals surface area contributed by atoms with Crippen LogP contribution in [0.3, 0.4) is 0 Å². The van der Waals surface area contributed by atoms with Gasteiger partial charge in [0, 0.05) is 0 Å². The first-order chi connectivity index (χ1) is 11.7. The Kier molecular flexibility index (Phi) is 10.2. The van der Waals surface area contributed by atoms with Crippen molar-refractivity contribution in [3.63, 3.8) is 0 Å². The lowest BCUT2D eigenvalue weighted by Crippen LogP contribution is -2.34. The summed E-state index contributed by atoms with van der Waals surface area (Å²) in [7, 11) is 0. The first-order valence-electron chi connectivity index (χ1n) is 7.44. The fourth-order valence-electron chi connectivity index (χ4n) is 1.56. The largest absolute Gasteiger partial charge is 0.480 e. The van der Waals surface area contributed by atoms with Gasteiger partial charge in [0.15, 0.2) is 0 Å². The van der Waals surface area contributed by atoms with Crippen LogP contribution in [0, 0.1) is 0 Å². The van der Waals surface area contributed by atoms with E-state index in [-0.39, 0.29) is 30.8 Å². The van der Waals surface area contributed by atoms with Crippen LogP contribution < -0.4 is 11.5 Å². The van der Waals surface area contributed by atoms with E-state index in [1.54, 1.807) is 38.1 Å². The quantitative estimate of drug-likeness (QED) is 0.590. The van der Waals surface area contributed by atoms with Crippen molar-refractivity contribution < 1.29 is 33.8 Å². The van der Waals surface area contributed by atoms with E-state index in [0.717, 1.165) is 0 Å². The lowest BCUT2D eigenvalue weighted by Gasteiger charge is -2.07. The van der Waals surface area contributed by atoms with Crippen molar-refractivity contribution in [2.45, 2.75) is 26.3 Å². The number of primary amides is 1. The van der Waals surface area contributed by atoms with Crippen LogP contribution in [0.15, 0.2) is 24.3 Å². The Morgan fingerprint density at radius 3 is 1.64 bits per heavy atom. The molecule has 9 nitrogen and oxygen atoms in total. The molecule has 25 heavy (non-hydrogen) atoms. The van der Waals surface area contributed by atoms with Crippen LogP contribution in [-0.2, 0) is 19.1 Å². The third-order valence-electron chi connectivity index (χ3n) is 2.66. The molecule has 1 aromatic carbocycles. The minimum atomic E-state index is -1.21. The summed E-state index contributed by atoms with van der Waals surface area (Å²) >= 11 is 0. The number of amides is 1. The number of hydrogen-bond donors (Lipinski definition) is 3. The van der Waals surface area contributed by atoms with Gasteiger partial charge < -0.3 is 26.0 Å². The Morgan fingerprint density at radius 1 is 1.00 bits per heavy atom. The summed E-state index contributed by atoms with van der Waals surface area (Å²) in [5.41, 5.74) is 10.0. The average molecular weight is 354 g/mol. The summed E-state index contributed by atoms with van der Waals surface area (Å²) in [6.07, 6.45) is -0.310. The number of carboxylic acids is 1. The molecule has 1 unspecified atom stereocenters. The summed E-state index contributed by atoms with van der Waals surface area (Å²) in [6.45, 7) is 3.97. The Balaban J connectivity index is 0.000000547. The molecule has 0 radical (unpaired) electrons. The first kappa shape index (κ1) is 22.1. The molecule has 0 aromatic heterocycles. The van der Waals surface area contributed by atoms with Gasteiger partial charge in [0.25, 0.3) is 0 Å². The van der Waals surface area contributed by atoms with Crippen LogP contribution in [0.25, 0.3) is 0 Å². The van der Waals surface area contributed by atoms with E-state index in [9.17, 15) is 19.2 Å². The van der Waals surface area contributed by atoms with Crippen molar-refractivity contribution in [2.75, 3.05) is 13.2 Å². The predicted octanol–water partition coefficient (Wildman–Crippen LogP) is 0.314. The van der Waals surface area contributed by atoms with Gasteiger partial charge in [-0.25, -0.2) is 9.59 Å². The van der Waals surface area contributed by atoms with Crippen molar-refractivity contribution in [2.24, 2.45) is 11.5 Å². The van der Waals surface area contributed by atoms with Gasteiger partial charge in [-0.3, -0.25) is 9.59 Å². The molecule has 1 amide bonds. The number of aliphatic carboxylic acids is 1. The molecule has 5 N–H and O–H groups in total. The summed E-state index contributed by atoms with van der Waals surface area (Å²) in [5.74, 6) is -2.93. The summed E-state index contributed by atoms with van der Waals surface area (Å²) in [4.78, 5) is 43.0. The summed E-state index contributed by atoms with van der Waals surface area (Å²) in [5, 5.41) is 8.10. The molecule has 1 aromatic rings. The van der Waals surface area contributed by atoms with E-state index in [4.69, 9.17) is 20.3 Å². The van der Waals surface area contributed by atoms with Gasteiger partial charge in [-0.1, -0.05) is 12.1 Å². The van der Waals surface area contributed by atoms with E-state index in [2.05, 4.69) is 5.73 Å². The Labute approximate surface area is 144 Å². The molecule has 138 valence electrons. The number of hydrogen-bond acceptors (Lipinski definition) is 7. The van der Waals surface area contributed by atoms with E-state index < -0.39 is 29.9 Å². The Morgan fingerprint density at radius 2 is 1.40 bits per heavy atom. The standard InChI is InChI=1S/C12H14O4.C4H8N2O3/c1-3-15-11(13)9-7-5-6-8-10(9)12(14)16-4-2;5-2(4(8)9)1-3(6)7/h5-8H,3-4H2,1-2H3;2H,1,5H2,(H2,6,7)(H,8,9). The van der Waals surface area contributed by atoms with Crippen molar-refractivity contribution >= 4 is 23.8 Å². The zero-order valence-electron chi connectivity index (χ0n) is 14.1. The average Bonchev–Trinajstić information content (AvgIpc) is 2.55. The monoisotopic (exact) mass is 354 g/mol.